The van der Waals surface area contributed by atoms with E-state index in [2.05, 4.69) is 216 Å². The van der Waals surface area contributed by atoms with Gasteiger partial charge in [-0.15, -0.1) is 0 Å². The van der Waals surface area contributed by atoms with Crippen molar-refractivity contribution in [2.24, 2.45) is 11.8 Å². The molecule has 0 N–H and O–H groups in total. The van der Waals surface area contributed by atoms with Gasteiger partial charge in [0.25, 0.3) is 0 Å². The van der Waals surface area contributed by atoms with Crippen LogP contribution in [0, 0.1) is 19.3 Å². The maximum Gasteiger partial charge on any atom is 0.102 e. The summed E-state index contributed by atoms with van der Waals surface area (Å²) in [6.45, 7) is 0. The van der Waals surface area contributed by atoms with Crippen LogP contribution in [0.1, 0.15) is 19.3 Å². The summed E-state index contributed by atoms with van der Waals surface area (Å²) in [7, 11) is 2.81. The zero-order valence-electron chi connectivity index (χ0n) is 28.6. The van der Waals surface area contributed by atoms with Crippen LogP contribution in [0.2, 0.25) is 0 Å². The van der Waals surface area contributed by atoms with E-state index in [0.717, 1.165) is 11.8 Å². The molecule has 8 rings (SSSR count). The van der Waals surface area contributed by atoms with Crippen molar-refractivity contribution in [3.8, 4) is 0 Å². The molecule has 0 saturated heterocycles. The molecule has 6 aromatic rings. The van der Waals surface area contributed by atoms with E-state index in [0.29, 0.717) is 0 Å². The largest absolute Gasteiger partial charge is 0.102 e. The molecule has 2 aliphatic rings. The first-order valence-electron chi connectivity index (χ1n) is 16.9. The van der Waals surface area contributed by atoms with E-state index in [4.69, 9.17) is 0 Å². The van der Waals surface area contributed by atoms with Gasteiger partial charge in [0.15, 0.2) is 0 Å². The van der Waals surface area contributed by atoms with Gasteiger partial charge in [-0.1, -0.05) is 140 Å². The summed E-state index contributed by atoms with van der Waals surface area (Å²) < 4.78 is 0. The summed E-state index contributed by atoms with van der Waals surface area (Å²) in [5.74, 6) is 1.80. The predicted octanol–water partition coefficient (Wildman–Crippen LogP) is 10.0. The van der Waals surface area contributed by atoms with Crippen LogP contribution in [-0.4, -0.2) is 0 Å². The number of hydrogen-bond donors (Lipinski definition) is 0. The third-order valence-corrected chi connectivity index (χ3v) is 14.3. The van der Waals surface area contributed by atoms with Crippen LogP contribution in [0.25, 0.3) is 0 Å². The Morgan fingerprint density at radius 1 is 0.360 bits per heavy atom. The molecule has 0 spiro atoms. The fourth-order valence-electron chi connectivity index (χ4n) is 6.54. The van der Waals surface area contributed by atoms with Crippen LogP contribution in [0.4, 0.5) is 0 Å². The second kappa shape index (κ2) is 22.4. The summed E-state index contributed by atoms with van der Waals surface area (Å²) in [6, 6.07) is 65.0. The van der Waals surface area contributed by atoms with Crippen molar-refractivity contribution < 1.29 is 17.3 Å². The Morgan fingerprint density at radius 2 is 0.560 bits per heavy atom. The molecule has 0 heterocycles. The molecule has 50 heavy (non-hydrogen) atoms. The number of halogens is 1. The van der Waals surface area contributed by atoms with Crippen molar-refractivity contribution in [1.29, 1.82) is 0 Å². The molecule has 254 valence electrons. The number of fused-ring (bicyclic) bond motifs is 1. The SMILES string of the molecule is C1=CC2CCCC2C=C1.[CH3-].[Cl][Ru+].c1ccc([PH+](c2ccccc2)c2ccccc2)cc1.c1ccc([PH+](c2ccccc2)c2ccccc2)cc1. The van der Waals surface area contributed by atoms with Crippen molar-refractivity contribution >= 4 is 57.4 Å². The average molecular weight is 798 g/mol. The molecular weight excluding hydrogens is 751 g/mol. The Bertz CT molecular complexity index is 1480. The molecule has 0 aliphatic heterocycles. The van der Waals surface area contributed by atoms with Crippen LogP contribution in [0.5, 0.6) is 0 Å². The van der Waals surface area contributed by atoms with E-state index in [-0.39, 0.29) is 7.43 Å². The molecule has 0 amide bonds. The summed E-state index contributed by atoms with van der Waals surface area (Å²) in [4.78, 5) is 0. The quantitative estimate of drug-likeness (QED) is 0.0895. The zero-order valence-corrected chi connectivity index (χ0v) is 33.1. The van der Waals surface area contributed by atoms with Gasteiger partial charge < -0.3 is 7.43 Å². The molecule has 0 bridgehead atoms. The van der Waals surface area contributed by atoms with Crippen LogP contribution in [0.15, 0.2) is 206 Å². The third kappa shape index (κ3) is 11.6. The minimum absolute atomic E-state index is 0. The molecule has 2 aliphatic carbocycles. The smallest absolute Gasteiger partial charge is 0.0620 e. The molecule has 0 aromatic heterocycles. The van der Waals surface area contributed by atoms with Gasteiger partial charge in [0.1, 0.15) is 31.8 Å². The van der Waals surface area contributed by atoms with Crippen molar-refractivity contribution in [2.45, 2.75) is 19.3 Å². The topological polar surface area (TPSA) is 0 Å². The normalized spacial score (nSPS) is 15.2. The van der Waals surface area contributed by atoms with Gasteiger partial charge in [-0.3, -0.25) is 0 Å². The fourth-order valence-corrected chi connectivity index (χ4v) is 11.7. The van der Waals surface area contributed by atoms with E-state index in [1.54, 1.807) is 0 Å². The molecule has 4 heteroatoms. The van der Waals surface area contributed by atoms with Crippen molar-refractivity contribution in [2.75, 3.05) is 0 Å². The third-order valence-electron chi connectivity index (χ3n) is 8.83. The van der Waals surface area contributed by atoms with E-state index in [1.165, 1.54) is 51.1 Å². The fraction of sp³-hybridized carbons (Fsp3) is 0.109. The molecule has 1 saturated carbocycles. The summed E-state index contributed by atoms with van der Waals surface area (Å²) >= 11 is 1.82. The Balaban J connectivity index is 0.000000172. The molecular formula is C46H47ClP2Ru+2. The van der Waals surface area contributed by atoms with Crippen molar-refractivity contribution in [3.05, 3.63) is 214 Å². The van der Waals surface area contributed by atoms with Gasteiger partial charge in [-0.05, 0) is 97.5 Å². The first-order valence-corrected chi connectivity index (χ1v) is 22.2. The molecule has 2 atom stereocenters. The molecule has 0 nitrogen and oxygen atoms in total. The maximum atomic E-state index is 4.57. The van der Waals surface area contributed by atoms with Gasteiger partial charge >= 0.3 is 27.0 Å². The van der Waals surface area contributed by atoms with E-state index < -0.39 is 15.8 Å². The Hall–Kier alpha value is -3.43. The standard InChI is InChI=1S/2C18H15P.C9H12.CH3.ClH.Ru/c2*1-4-10-16(11-5-1)19(17-12-6-2-7-13-17)18-14-8-3-9-15-18;1-2-5-9-7-3-6-8(9)4-1;;;/h2*1-15H;1-2,4-5,8-9H,3,6-7H2;1H3;1H;/q;;;-1;;+2/p+1. The molecule has 6 aromatic carbocycles. The van der Waals surface area contributed by atoms with Gasteiger partial charge in [0.2, 0.25) is 0 Å². The predicted molar refractivity (Wildman–Crippen MR) is 224 cm³/mol. The first-order chi connectivity index (χ1) is 24.4. The second-order valence-electron chi connectivity index (χ2n) is 12.0. The monoisotopic (exact) mass is 798 g/mol. The minimum atomic E-state index is -0.877. The van der Waals surface area contributed by atoms with Crippen molar-refractivity contribution in [1.82, 2.24) is 0 Å². The number of hydrogen-bond acceptors (Lipinski definition) is 0. The molecule has 1 fully saturated rings. The summed E-state index contributed by atoms with van der Waals surface area (Å²) in [5, 5.41) is 8.61. The summed E-state index contributed by atoms with van der Waals surface area (Å²) in [5.41, 5.74) is 0. The Morgan fingerprint density at radius 3 is 0.760 bits per heavy atom. The van der Waals surface area contributed by atoms with Gasteiger partial charge in [-0.25, -0.2) is 0 Å². The van der Waals surface area contributed by atoms with Crippen LogP contribution in [0.3, 0.4) is 0 Å². The van der Waals surface area contributed by atoms with Crippen LogP contribution in [-0.2, 0) is 17.3 Å². The zero-order chi connectivity index (χ0) is 33.9. The van der Waals surface area contributed by atoms with E-state index in [1.807, 2.05) is 17.3 Å². The Kier molecular flexibility index (Phi) is 17.6. The van der Waals surface area contributed by atoms with Crippen LogP contribution < -0.4 is 31.8 Å². The average Bonchev–Trinajstić information content (AvgIpc) is 3.68. The van der Waals surface area contributed by atoms with E-state index in [9.17, 15) is 0 Å². The van der Waals surface area contributed by atoms with Gasteiger partial charge in [-0.2, -0.15) is 0 Å². The van der Waals surface area contributed by atoms with Crippen LogP contribution >= 0.6 is 25.5 Å². The number of allylic oxidation sites excluding steroid dienone is 4. The molecule has 0 radical (unpaired) electrons. The Labute approximate surface area is 317 Å². The van der Waals surface area contributed by atoms with Gasteiger partial charge in [0, 0.05) is 0 Å². The number of rotatable bonds is 6. The molecule has 2 unspecified atom stereocenters. The first kappa shape index (κ1) is 39.4. The minimum Gasteiger partial charge on any atom is -0.0620 e. The van der Waals surface area contributed by atoms with E-state index >= 15 is 0 Å². The summed E-state index contributed by atoms with van der Waals surface area (Å²) in [6.07, 6.45) is 13.4. The van der Waals surface area contributed by atoms with Crippen molar-refractivity contribution in [3.63, 3.8) is 0 Å². The van der Waals surface area contributed by atoms with Gasteiger partial charge in [0.05, 0.1) is 15.8 Å². The second-order valence-corrected chi connectivity index (χ2v) is 16.9. The maximum absolute atomic E-state index is 4.57. The number of benzene rings is 6.